The Morgan fingerprint density at radius 3 is 2.70 bits per heavy atom. The molecule has 1 N–H and O–H groups in total. The Morgan fingerprint density at radius 2 is 2.00 bits per heavy atom. The zero-order chi connectivity index (χ0) is 13.8. The highest BCUT2D eigenvalue weighted by Gasteiger charge is 2.20. The maximum atomic E-state index is 4.72. The van der Waals surface area contributed by atoms with E-state index in [1.54, 1.807) is 0 Å². The van der Waals surface area contributed by atoms with Crippen LogP contribution in [0.15, 0.2) is 42.7 Å². The molecule has 3 rings (SSSR count). The molecule has 4 nitrogen and oxygen atoms in total. The molecule has 1 aliphatic rings. The summed E-state index contributed by atoms with van der Waals surface area (Å²) in [7, 11) is 0. The second-order valence-electron chi connectivity index (χ2n) is 5.10. The number of hydrogen-bond donors (Lipinski definition) is 1. The molecule has 2 aromatic rings. The lowest BCUT2D eigenvalue weighted by Crippen LogP contribution is -2.20. The largest absolute Gasteiger partial charge is 0.325 e. The first-order chi connectivity index (χ1) is 9.86. The third-order valence-electron chi connectivity index (χ3n) is 3.48. The Labute approximate surface area is 119 Å². The molecule has 1 aliphatic carbocycles. The predicted molar refractivity (Wildman–Crippen MR) is 81.0 cm³/mol. The van der Waals surface area contributed by atoms with Gasteiger partial charge in [-0.05, 0) is 31.9 Å². The standard InChI is InChI=1S/C16H20N4/c1-2-20(15-6-4-3-5-7-15)16-12-17-10-14(19-16)11-18-13-8-9-13/h3-7,10,12-13,18H,2,8-9,11H2,1H3. The number of rotatable bonds is 6. The van der Waals surface area contributed by atoms with Crippen LogP contribution in [0.4, 0.5) is 11.5 Å². The molecule has 0 spiro atoms. The third-order valence-corrected chi connectivity index (χ3v) is 3.48. The van der Waals surface area contributed by atoms with E-state index in [0.717, 1.165) is 30.3 Å². The van der Waals surface area contributed by atoms with Gasteiger partial charge in [-0.1, -0.05) is 18.2 Å². The number of nitrogens with zero attached hydrogens (tertiary/aromatic N) is 3. The van der Waals surface area contributed by atoms with Crippen molar-refractivity contribution in [3.05, 3.63) is 48.4 Å². The quantitative estimate of drug-likeness (QED) is 0.874. The maximum Gasteiger partial charge on any atom is 0.151 e. The second kappa shape index (κ2) is 6.01. The van der Waals surface area contributed by atoms with Crippen molar-refractivity contribution in [1.29, 1.82) is 0 Å². The smallest absolute Gasteiger partial charge is 0.151 e. The molecule has 0 unspecified atom stereocenters. The molecule has 20 heavy (non-hydrogen) atoms. The molecule has 0 radical (unpaired) electrons. The van der Waals surface area contributed by atoms with Crippen molar-refractivity contribution in [2.24, 2.45) is 0 Å². The molecule has 0 bridgehead atoms. The average molecular weight is 268 g/mol. The zero-order valence-corrected chi connectivity index (χ0v) is 11.8. The Hall–Kier alpha value is -1.94. The summed E-state index contributed by atoms with van der Waals surface area (Å²) in [6.07, 6.45) is 6.26. The predicted octanol–water partition coefficient (Wildman–Crippen LogP) is 2.89. The van der Waals surface area contributed by atoms with E-state index in [0.29, 0.717) is 6.04 Å². The molecular formula is C16H20N4. The van der Waals surface area contributed by atoms with Gasteiger partial charge in [0, 0.05) is 31.0 Å². The van der Waals surface area contributed by atoms with Gasteiger partial charge in [0.25, 0.3) is 0 Å². The molecule has 1 heterocycles. The summed E-state index contributed by atoms with van der Waals surface area (Å²) < 4.78 is 0. The van der Waals surface area contributed by atoms with E-state index in [2.05, 4.69) is 34.3 Å². The Bertz CT molecular complexity index is 551. The number of para-hydroxylation sites is 1. The lowest BCUT2D eigenvalue weighted by atomic mass is 10.3. The van der Waals surface area contributed by atoms with Crippen LogP contribution >= 0.6 is 0 Å². The van der Waals surface area contributed by atoms with Crippen molar-refractivity contribution in [2.45, 2.75) is 32.4 Å². The first kappa shape index (κ1) is 13.1. The summed E-state index contributed by atoms with van der Waals surface area (Å²) in [5, 5.41) is 3.48. The number of hydrogen-bond acceptors (Lipinski definition) is 4. The van der Waals surface area contributed by atoms with Crippen LogP contribution in [-0.4, -0.2) is 22.6 Å². The van der Waals surface area contributed by atoms with Crippen LogP contribution in [0, 0.1) is 0 Å². The van der Waals surface area contributed by atoms with Crippen LogP contribution in [0.3, 0.4) is 0 Å². The Balaban J connectivity index is 1.78. The van der Waals surface area contributed by atoms with E-state index >= 15 is 0 Å². The van der Waals surface area contributed by atoms with E-state index in [1.807, 2.05) is 30.6 Å². The molecule has 1 saturated carbocycles. The SMILES string of the molecule is CCN(c1ccccc1)c1cncc(CNC2CC2)n1. The molecule has 1 fully saturated rings. The minimum Gasteiger partial charge on any atom is -0.325 e. The van der Waals surface area contributed by atoms with Gasteiger partial charge in [0.15, 0.2) is 5.82 Å². The first-order valence-electron chi connectivity index (χ1n) is 7.23. The number of aromatic nitrogens is 2. The molecule has 0 saturated heterocycles. The highest BCUT2D eigenvalue weighted by molar-refractivity contribution is 5.58. The minimum absolute atomic E-state index is 0.692. The lowest BCUT2D eigenvalue weighted by molar-refractivity contribution is 0.671. The van der Waals surface area contributed by atoms with Gasteiger partial charge in [-0.3, -0.25) is 4.98 Å². The van der Waals surface area contributed by atoms with Crippen LogP contribution in [0.25, 0.3) is 0 Å². The molecule has 104 valence electrons. The monoisotopic (exact) mass is 268 g/mol. The minimum atomic E-state index is 0.692. The van der Waals surface area contributed by atoms with Crippen molar-refractivity contribution in [3.8, 4) is 0 Å². The van der Waals surface area contributed by atoms with Gasteiger partial charge in [-0.25, -0.2) is 4.98 Å². The van der Waals surface area contributed by atoms with Crippen LogP contribution in [-0.2, 0) is 6.54 Å². The van der Waals surface area contributed by atoms with Gasteiger partial charge in [0.2, 0.25) is 0 Å². The van der Waals surface area contributed by atoms with E-state index in [1.165, 1.54) is 12.8 Å². The van der Waals surface area contributed by atoms with Crippen molar-refractivity contribution >= 4 is 11.5 Å². The number of benzene rings is 1. The Kier molecular flexibility index (Phi) is 3.92. The van der Waals surface area contributed by atoms with Gasteiger partial charge in [-0.15, -0.1) is 0 Å². The summed E-state index contributed by atoms with van der Waals surface area (Å²) in [5.41, 5.74) is 2.15. The van der Waals surface area contributed by atoms with Gasteiger partial charge >= 0.3 is 0 Å². The normalized spacial score (nSPS) is 14.2. The summed E-state index contributed by atoms with van der Waals surface area (Å²) in [6, 6.07) is 11.0. The summed E-state index contributed by atoms with van der Waals surface area (Å²) in [6.45, 7) is 3.81. The van der Waals surface area contributed by atoms with Crippen LogP contribution < -0.4 is 10.2 Å². The third kappa shape index (κ3) is 3.14. The molecule has 0 atom stereocenters. The summed E-state index contributed by atoms with van der Waals surface area (Å²) in [5.74, 6) is 0.911. The molecule has 0 amide bonds. The fourth-order valence-corrected chi connectivity index (χ4v) is 2.23. The van der Waals surface area contributed by atoms with Gasteiger partial charge < -0.3 is 10.2 Å². The molecule has 1 aromatic heterocycles. The molecule has 1 aromatic carbocycles. The van der Waals surface area contributed by atoms with Crippen molar-refractivity contribution < 1.29 is 0 Å². The van der Waals surface area contributed by atoms with Crippen LogP contribution in [0.5, 0.6) is 0 Å². The van der Waals surface area contributed by atoms with E-state index in [-0.39, 0.29) is 0 Å². The van der Waals surface area contributed by atoms with E-state index in [9.17, 15) is 0 Å². The van der Waals surface area contributed by atoms with Crippen molar-refractivity contribution in [3.63, 3.8) is 0 Å². The average Bonchev–Trinajstić information content (AvgIpc) is 3.32. The maximum absolute atomic E-state index is 4.72. The van der Waals surface area contributed by atoms with Crippen molar-refractivity contribution in [1.82, 2.24) is 15.3 Å². The van der Waals surface area contributed by atoms with Gasteiger partial charge in [-0.2, -0.15) is 0 Å². The van der Waals surface area contributed by atoms with E-state index < -0.39 is 0 Å². The summed E-state index contributed by atoms with van der Waals surface area (Å²) in [4.78, 5) is 11.2. The second-order valence-corrected chi connectivity index (χ2v) is 5.10. The zero-order valence-electron chi connectivity index (χ0n) is 11.8. The molecule has 4 heteroatoms. The molecule has 0 aliphatic heterocycles. The Morgan fingerprint density at radius 1 is 1.20 bits per heavy atom. The van der Waals surface area contributed by atoms with Crippen LogP contribution in [0.2, 0.25) is 0 Å². The number of nitrogens with one attached hydrogen (secondary N) is 1. The van der Waals surface area contributed by atoms with Gasteiger partial charge in [0.05, 0.1) is 11.9 Å². The topological polar surface area (TPSA) is 41.1 Å². The highest BCUT2D eigenvalue weighted by Crippen LogP contribution is 2.23. The highest BCUT2D eigenvalue weighted by atomic mass is 15.2. The first-order valence-corrected chi connectivity index (χ1v) is 7.23. The molecular weight excluding hydrogens is 248 g/mol. The number of anilines is 2. The lowest BCUT2D eigenvalue weighted by Gasteiger charge is -2.22. The fourth-order valence-electron chi connectivity index (χ4n) is 2.23. The van der Waals surface area contributed by atoms with Crippen molar-refractivity contribution in [2.75, 3.05) is 11.4 Å². The van der Waals surface area contributed by atoms with Crippen LogP contribution in [0.1, 0.15) is 25.5 Å². The summed E-state index contributed by atoms with van der Waals surface area (Å²) >= 11 is 0. The van der Waals surface area contributed by atoms with E-state index in [4.69, 9.17) is 4.98 Å². The van der Waals surface area contributed by atoms with Gasteiger partial charge in [0.1, 0.15) is 0 Å². The fraction of sp³-hybridized carbons (Fsp3) is 0.375.